The SMILES string of the molecule is COC(=O)c1cc2c(Nc3cc(-c4cc(Cl)ccc4F)nnc3OCCCN(C)C)ccnc2n1COCC[Si](C)(C)C. The number of fused-ring (bicyclic) bond motifs is 1. The Morgan fingerprint density at radius 3 is 2.60 bits per heavy atom. The van der Waals surface area contributed by atoms with Crippen molar-refractivity contribution in [3.63, 3.8) is 0 Å². The Hall–Kier alpha value is -3.58. The Bertz CT molecular complexity index is 1580. The van der Waals surface area contributed by atoms with Gasteiger partial charge in [-0.1, -0.05) is 31.2 Å². The van der Waals surface area contributed by atoms with Gasteiger partial charge in [-0.3, -0.25) is 4.57 Å². The van der Waals surface area contributed by atoms with E-state index in [0.717, 1.165) is 19.0 Å². The molecule has 0 bridgehead atoms. The van der Waals surface area contributed by atoms with Crippen LogP contribution in [0.5, 0.6) is 5.88 Å². The zero-order chi connectivity index (χ0) is 31.1. The average Bonchev–Trinajstić information content (AvgIpc) is 3.33. The van der Waals surface area contributed by atoms with Crippen LogP contribution in [-0.4, -0.2) is 79.7 Å². The van der Waals surface area contributed by atoms with Crippen LogP contribution >= 0.6 is 11.6 Å². The van der Waals surface area contributed by atoms with E-state index in [9.17, 15) is 9.18 Å². The highest BCUT2D eigenvalue weighted by Crippen LogP contribution is 2.34. The summed E-state index contributed by atoms with van der Waals surface area (Å²) < 4.78 is 33.5. The largest absolute Gasteiger partial charge is 0.475 e. The van der Waals surface area contributed by atoms with Gasteiger partial charge >= 0.3 is 5.97 Å². The van der Waals surface area contributed by atoms with Crippen LogP contribution in [0.3, 0.4) is 0 Å². The van der Waals surface area contributed by atoms with Crippen molar-refractivity contribution in [2.75, 3.05) is 46.3 Å². The van der Waals surface area contributed by atoms with E-state index >= 15 is 0 Å². The molecule has 4 aromatic rings. The van der Waals surface area contributed by atoms with E-state index in [1.165, 1.54) is 25.3 Å². The molecule has 0 unspecified atom stereocenters. The minimum Gasteiger partial charge on any atom is -0.475 e. The van der Waals surface area contributed by atoms with Crippen molar-refractivity contribution in [1.82, 2.24) is 24.6 Å². The fraction of sp³-hybridized carbons (Fsp3) is 0.400. The first-order valence-electron chi connectivity index (χ1n) is 14.0. The summed E-state index contributed by atoms with van der Waals surface area (Å²) in [5.74, 6) is -0.742. The van der Waals surface area contributed by atoms with E-state index in [0.29, 0.717) is 46.3 Å². The summed E-state index contributed by atoms with van der Waals surface area (Å²) in [7, 11) is 4.02. The van der Waals surface area contributed by atoms with E-state index < -0.39 is 19.9 Å². The number of hydrogen-bond donors (Lipinski definition) is 1. The second kappa shape index (κ2) is 14.3. The molecule has 0 aliphatic carbocycles. The molecule has 0 saturated heterocycles. The lowest BCUT2D eigenvalue weighted by Gasteiger charge is -2.16. The van der Waals surface area contributed by atoms with Gasteiger partial charge in [0.15, 0.2) is 0 Å². The third-order valence-corrected chi connectivity index (χ3v) is 8.57. The summed E-state index contributed by atoms with van der Waals surface area (Å²) in [6.07, 6.45) is 2.40. The summed E-state index contributed by atoms with van der Waals surface area (Å²) >= 11 is 6.15. The Morgan fingerprint density at radius 2 is 1.88 bits per heavy atom. The van der Waals surface area contributed by atoms with Crippen molar-refractivity contribution < 1.29 is 23.4 Å². The summed E-state index contributed by atoms with van der Waals surface area (Å²) in [6, 6.07) is 10.4. The lowest BCUT2D eigenvalue weighted by atomic mass is 10.1. The molecule has 3 heterocycles. The van der Waals surface area contributed by atoms with Crippen LogP contribution in [0.2, 0.25) is 30.7 Å². The van der Waals surface area contributed by atoms with Crippen LogP contribution in [-0.2, 0) is 16.2 Å². The monoisotopic (exact) mass is 628 g/mol. The highest BCUT2D eigenvalue weighted by molar-refractivity contribution is 6.76. The number of carbonyl (C=O) groups excluding carboxylic acids is 1. The van der Waals surface area contributed by atoms with Gasteiger partial charge in [-0.05, 0) is 63.0 Å². The first kappa shape index (κ1) is 32.3. The lowest BCUT2D eigenvalue weighted by Crippen LogP contribution is -2.22. The fourth-order valence-electron chi connectivity index (χ4n) is 4.29. The second-order valence-electron chi connectivity index (χ2n) is 11.6. The summed E-state index contributed by atoms with van der Waals surface area (Å²) in [5.41, 5.74) is 2.41. The molecule has 0 radical (unpaired) electrons. The topological polar surface area (TPSA) is 104 Å². The van der Waals surface area contributed by atoms with Gasteiger partial charge in [0.25, 0.3) is 5.88 Å². The van der Waals surface area contributed by atoms with E-state index in [-0.39, 0.29) is 23.9 Å². The molecule has 0 saturated carbocycles. The maximum absolute atomic E-state index is 14.7. The van der Waals surface area contributed by atoms with Gasteiger partial charge < -0.3 is 24.4 Å². The number of hydrogen-bond acceptors (Lipinski definition) is 9. The number of rotatable bonds is 14. The summed E-state index contributed by atoms with van der Waals surface area (Å²) in [6.45, 7) is 8.79. The number of pyridine rings is 1. The van der Waals surface area contributed by atoms with Crippen LogP contribution in [0.15, 0.2) is 42.6 Å². The molecule has 3 aromatic heterocycles. The van der Waals surface area contributed by atoms with Crippen LogP contribution in [0.25, 0.3) is 22.3 Å². The number of nitrogens with zero attached hydrogens (tertiary/aromatic N) is 5. The maximum Gasteiger partial charge on any atom is 0.354 e. The number of anilines is 2. The minimum atomic E-state index is -1.29. The molecule has 4 rings (SSSR count). The zero-order valence-corrected chi connectivity index (χ0v) is 27.2. The number of halogens is 2. The van der Waals surface area contributed by atoms with Crippen LogP contribution in [0.4, 0.5) is 15.8 Å². The van der Waals surface area contributed by atoms with E-state index in [1.54, 1.807) is 29.0 Å². The van der Waals surface area contributed by atoms with Crippen LogP contribution in [0.1, 0.15) is 16.9 Å². The molecule has 1 aromatic carbocycles. The highest BCUT2D eigenvalue weighted by atomic mass is 35.5. The van der Waals surface area contributed by atoms with Gasteiger partial charge in [0.05, 0.1) is 25.1 Å². The fourth-order valence-corrected chi connectivity index (χ4v) is 5.22. The number of carbonyl (C=O) groups is 1. The highest BCUT2D eigenvalue weighted by Gasteiger charge is 2.21. The van der Waals surface area contributed by atoms with Crippen molar-refractivity contribution in [3.05, 3.63) is 59.1 Å². The van der Waals surface area contributed by atoms with Crippen molar-refractivity contribution >= 4 is 48.1 Å². The molecule has 230 valence electrons. The van der Waals surface area contributed by atoms with Crippen molar-refractivity contribution in [3.8, 4) is 17.1 Å². The molecule has 0 aliphatic heterocycles. The Balaban J connectivity index is 1.72. The van der Waals surface area contributed by atoms with Gasteiger partial charge in [-0.15, -0.1) is 10.2 Å². The Morgan fingerprint density at radius 1 is 1.09 bits per heavy atom. The number of ether oxygens (including phenoxy) is 3. The lowest BCUT2D eigenvalue weighted by molar-refractivity contribution is 0.0545. The van der Waals surface area contributed by atoms with Crippen molar-refractivity contribution in [1.29, 1.82) is 0 Å². The van der Waals surface area contributed by atoms with Crippen LogP contribution in [0, 0.1) is 5.82 Å². The normalized spacial score (nSPS) is 11.7. The second-order valence-corrected chi connectivity index (χ2v) is 17.7. The van der Waals surface area contributed by atoms with Gasteiger partial charge in [-0.2, -0.15) is 0 Å². The first-order chi connectivity index (χ1) is 20.5. The van der Waals surface area contributed by atoms with Gasteiger partial charge in [0, 0.05) is 43.4 Å². The average molecular weight is 629 g/mol. The molecule has 0 atom stereocenters. The number of benzene rings is 1. The molecule has 0 fully saturated rings. The van der Waals surface area contributed by atoms with Crippen molar-refractivity contribution in [2.24, 2.45) is 0 Å². The molecule has 0 amide bonds. The number of nitrogens with one attached hydrogen (secondary N) is 1. The number of aromatic nitrogens is 4. The predicted octanol–water partition coefficient (Wildman–Crippen LogP) is 6.46. The Labute approximate surface area is 257 Å². The third kappa shape index (κ3) is 8.50. The van der Waals surface area contributed by atoms with Gasteiger partial charge in [0.2, 0.25) is 0 Å². The van der Waals surface area contributed by atoms with E-state index in [1.807, 2.05) is 14.1 Å². The van der Waals surface area contributed by atoms with Crippen LogP contribution < -0.4 is 10.1 Å². The smallest absolute Gasteiger partial charge is 0.354 e. The third-order valence-electron chi connectivity index (χ3n) is 6.63. The van der Waals surface area contributed by atoms with E-state index in [2.05, 4.69) is 45.0 Å². The van der Waals surface area contributed by atoms with Crippen molar-refractivity contribution in [2.45, 2.75) is 38.8 Å². The minimum absolute atomic E-state index is 0.143. The number of methoxy groups -OCH3 is 1. The standard InChI is InChI=1S/C30H38ClFN6O4Si/c1-37(2)12-7-13-42-29-26(18-25(35-36-29)21-16-20(31)8-9-23(21)32)34-24-10-11-33-28-22(24)17-27(30(39)40-3)38(28)19-41-14-15-43(4,5)6/h8-11,16-18H,7,12-15,19H2,1-6H3,(H,33,34,35). The molecule has 0 spiro atoms. The molecular formula is C30H38ClFN6O4Si. The molecular weight excluding hydrogens is 591 g/mol. The predicted molar refractivity (Wildman–Crippen MR) is 170 cm³/mol. The van der Waals surface area contributed by atoms with Gasteiger partial charge in [-0.25, -0.2) is 14.2 Å². The number of esters is 1. The summed E-state index contributed by atoms with van der Waals surface area (Å²) in [5, 5.41) is 12.9. The van der Waals surface area contributed by atoms with E-state index in [4.69, 9.17) is 25.8 Å². The first-order valence-corrected chi connectivity index (χ1v) is 18.1. The molecule has 1 N–H and O–H groups in total. The summed E-state index contributed by atoms with van der Waals surface area (Å²) in [4.78, 5) is 19.4. The molecule has 10 nitrogen and oxygen atoms in total. The quantitative estimate of drug-likeness (QED) is 0.0957. The zero-order valence-electron chi connectivity index (χ0n) is 25.4. The molecule has 43 heavy (non-hydrogen) atoms. The van der Waals surface area contributed by atoms with Gasteiger partial charge in [0.1, 0.15) is 29.6 Å². The molecule has 13 heteroatoms. The maximum atomic E-state index is 14.7. The Kier molecular flexibility index (Phi) is 10.7. The molecule has 0 aliphatic rings.